The van der Waals surface area contributed by atoms with Crippen LogP contribution in [0.5, 0.6) is 0 Å². The third-order valence-electron chi connectivity index (χ3n) is 5.07. The lowest BCUT2D eigenvalue weighted by Crippen LogP contribution is -2.37. The molecule has 1 aliphatic heterocycles. The van der Waals surface area contributed by atoms with Crippen LogP contribution in [0.3, 0.4) is 0 Å². The molecule has 0 aliphatic carbocycles. The van der Waals surface area contributed by atoms with Crippen molar-refractivity contribution in [3.63, 3.8) is 0 Å². The second-order valence-electron chi connectivity index (χ2n) is 6.88. The van der Waals surface area contributed by atoms with Crippen LogP contribution in [0.4, 0.5) is 0 Å². The van der Waals surface area contributed by atoms with Crippen molar-refractivity contribution in [1.82, 2.24) is 0 Å². The van der Waals surface area contributed by atoms with Crippen LogP contribution in [-0.2, 0) is 28.8 Å². The Morgan fingerprint density at radius 1 is 1.07 bits per heavy atom. The lowest BCUT2D eigenvalue weighted by molar-refractivity contribution is -0.132. The molecule has 0 amide bonds. The van der Waals surface area contributed by atoms with Gasteiger partial charge in [-0.15, -0.1) is 0 Å². The van der Waals surface area contributed by atoms with Gasteiger partial charge in [-0.05, 0) is 12.1 Å². The van der Waals surface area contributed by atoms with E-state index in [0.717, 1.165) is 0 Å². The number of rotatable bonds is 11. The Kier molecular flexibility index (Phi) is 8.81. The summed E-state index contributed by atoms with van der Waals surface area (Å²) in [6, 6.07) is 8.22. The van der Waals surface area contributed by atoms with Crippen LogP contribution in [0.2, 0.25) is 0 Å². The molecule has 0 radical (unpaired) electrons. The minimum atomic E-state index is -3.58. The molecule has 1 aliphatic rings. The normalized spacial score (nSPS) is 26.6. The molecule has 2 N–H and O–H groups in total. The Balaban J connectivity index is 2.28. The number of ether oxygens (including phenoxy) is 4. The first-order valence-corrected chi connectivity index (χ1v) is 10.8. The first kappa shape index (κ1) is 23.2. The van der Waals surface area contributed by atoms with E-state index in [-0.39, 0.29) is 17.1 Å². The molecule has 0 aromatic heterocycles. The number of aliphatic hydroxyl groups is 2. The standard InChI is InChI=1S/C19H30O8S/c1-24-18(25-2)10-16-15(12-28(22,23)14-7-5-4-6-8-14)19(26-3)17(27-16)9-13(21)11-20/h4-8,13,15-21H,9-12H2,1-3H3/t13-,15?,16?,17+,19+/m0/s1. The molecule has 1 aromatic carbocycles. The maximum Gasteiger partial charge on any atom is 0.178 e. The summed E-state index contributed by atoms with van der Waals surface area (Å²) in [7, 11) is 0.907. The van der Waals surface area contributed by atoms with Gasteiger partial charge in [-0.2, -0.15) is 0 Å². The lowest BCUT2D eigenvalue weighted by Gasteiger charge is -2.25. The van der Waals surface area contributed by atoms with Crippen LogP contribution in [0.15, 0.2) is 35.2 Å². The quantitative estimate of drug-likeness (QED) is 0.503. The highest BCUT2D eigenvalue weighted by molar-refractivity contribution is 7.91. The van der Waals surface area contributed by atoms with Gasteiger partial charge in [-0.1, -0.05) is 18.2 Å². The minimum absolute atomic E-state index is 0.137. The van der Waals surface area contributed by atoms with Gasteiger partial charge in [0, 0.05) is 40.1 Å². The van der Waals surface area contributed by atoms with Crippen molar-refractivity contribution in [2.24, 2.45) is 5.92 Å². The van der Waals surface area contributed by atoms with Crippen LogP contribution < -0.4 is 0 Å². The van der Waals surface area contributed by atoms with Crippen molar-refractivity contribution < 1.29 is 37.6 Å². The highest BCUT2D eigenvalue weighted by Crippen LogP contribution is 2.36. The van der Waals surface area contributed by atoms with E-state index in [0.29, 0.717) is 6.42 Å². The molecule has 0 saturated carbocycles. The third-order valence-corrected chi connectivity index (χ3v) is 6.88. The van der Waals surface area contributed by atoms with E-state index in [1.807, 2.05) is 0 Å². The first-order valence-electron chi connectivity index (χ1n) is 9.16. The van der Waals surface area contributed by atoms with Crippen LogP contribution in [0.25, 0.3) is 0 Å². The minimum Gasteiger partial charge on any atom is -0.394 e. The Bertz CT molecular complexity index is 676. The van der Waals surface area contributed by atoms with Gasteiger partial charge in [0.25, 0.3) is 0 Å². The molecule has 9 heteroatoms. The average Bonchev–Trinajstić information content (AvgIpc) is 3.01. The molecule has 1 aromatic rings. The SMILES string of the molecule is COC(CC1O[C@H](C[C@H](O)CO)[C@H](OC)C1CS(=O)(=O)c1ccccc1)OC. The number of aliphatic hydroxyl groups excluding tert-OH is 2. The van der Waals surface area contributed by atoms with E-state index in [2.05, 4.69) is 0 Å². The summed E-state index contributed by atoms with van der Waals surface area (Å²) in [5, 5.41) is 19.0. The fraction of sp³-hybridized carbons (Fsp3) is 0.684. The highest BCUT2D eigenvalue weighted by Gasteiger charge is 2.47. The molecular weight excluding hydrogens is 388 g/mol. The molecule has 1 fully saturated rings. The summed E-state index contributed by atoms with van der Waals surface area (Å²) in [4.78, 5) is 0.234. The summed E-state index contributed by atoms with van der Waals surface area (Å²) in [5.74, 6) is -0.662. The smallest absolute Gasteiger partial charge is 0.178 e. The number of hydrogen-bond donors (Lipinski definition) is 2. The molecule has 5 atom stereocenters. The fourth-order valence-electron chi connectivity index (χ4n) is 3.64. The van der Waals surface area contributed by atoms with E-state index in [4.69, 9.17) is 24.1 Å². The Labute approximate surface area is 166 Å². The Hall–Kier alpha value is -1.07. The van der Waals surface area contributed by atoms with Gasteiger partial charge in [-0.3, -0.25) is 0 Å². The maximum absolute atomic E-state index is 12.9. The molecule has 2 rings (SSSR count). The summed E-state index contributed by atoms with van der Waals surface area (Å²) < 4.78 is 48.0. The predicted molar refractivity (Wildman–Crippen MR) is 102 cm³/mol. The fourth-order valence-corrected chi connectivity index (χ4v) is 5.31. The molecule has 1 heterocycles. The predicted octanol–water partition coefficient (Wildman–Crippen LogP) is 0.611. The summed E-state index contributed by atoms with van der Waals surface area (Å²) >= 11 is 0. The van der Waals surface area contributed by atoms with E-state index in [9.17, 15) is 13.5 Å². The zero-order valence-electron chi connectivity index (χ0n) is 16.4. The molecule has 0 spiro atoms. The van der Waals surface area contributed by atoms with Gasteiger partial charge in [-0.25, -0.2) is 8.42 Å². The molecule has 8 nitrogen and oxygen atoms in total. The van der Waals surface area contributed by atoms with E-state index in [1.165, 1.54) is 21.3 Å². The number of hydrogen-bond acceptors (Lipinski definition) is 8. The van der Waals surface area contributed by atoms with E-state index >= 15 is 0 Å². The molecular formula is C19H30O8S. The van der Waals surface area contributed by atoms with Gasteiger partial charge < -0.3 is 29.2 Å². The second kappa shape index (κ2) is 10.6. The summed E-state index contributed by atoms with van der Waals surface area (Å²) in [6.07, 6.45) is -2.71. The van der Waals surface area contributed by atoms with Crippen molar-refractivity contribution in [3.05, 3.63) is 30.3 Å². The van der Waals surface area contributed by atoms with Gasteiger partial charge in [0.2, 0.25) is 0 Å². The lowest BCUT2D eigenvalue weighted by atomic mass is 9.94. The topological polar surface area (TPSA) is 112 Å². The largest absolute Gasteiger partial charge is 0.394 e. The Morgan fingerprint density at radius 2 is 1.71 bits per heavy atom. The second-order valence-corrected chi connectivity index (χ2v) is 8.91. The monoisotopic (exact) mass is 418 g/mol. The first-order chi connectivity index (χ1) is 13.4. The number of benzene rings is 1. The van der Waals surface area contributed by atoms with Gasteiger partial charge in [0.15, 0.2) is 16.1 Å². The van der Waals surface area contributed by atoms with Crippen molar-refractivity contribution in [2.45, 2.75) is 48.4 Å². The molecule has 0 bridgehead atoms. The van der Waals surface area contributed by atoms with Gasteiger partial charge in [0.05, 0.1) is 41.7 Å². The number of methoxy groups -OCH3 is 3. The van der Waals surface area contributed by atoms with Crippen LogP contribution >= 0.6 is 0 Å². The van der Waals surface area contributed by atoms with Crippen molar-refractivity contribution in [2.75, 3.05) is 33.7 Å². The molecule has 1 saturated heterocycles. The van der Waals surface area contributed by atoms with Crippen LogP contribution in [-0.4, -0.2) is 83.0 Å². The average molecular weight is 419 g/mol. The molecule has 160 valence electrons. The van der Waals surface area contributed by atoms with Gasteiger partial charge in [0.1, 0.15) is 0 Å². The maximum atomic E-state index is 12.9. The Morgan fingerprint density at radius 3 is 2.25 bits per heavy atom. The van der Waals surface area contributed by atoms with Gasteiger partial charge >= 0.3 is 0 Å². The van der Waals surface area contributed by atoms with Crippen molar-refractivity contribution >= 4 is 9.84 Å². The third kappa shape index (κ3) is 5.73. The highest BCUT2D eigenvalue weighted by atomic mass is 32.2. The van der Waals surface area contributed by atoms with Crippen molar-refractivity contribution in [1.29, 1.82) is 0 Å². The zero-order chi connectivity index (χ0) is 20.7. The van der Waals surface area contributed by atoms with Crippen molar-refractivity contribution in [3.8, 4) is 0 Å². The molecule has 2 unspecified atom stereocenters. The van der Waals surface area contributed by atoms with Crippen LogP contribution in [0.1, 0.15) is 12.8 Å². The molecule has 28 heavy (non-hydrogen) atoms. The zero-order valence-corrected chi connectivity index (χ0v) is 17.2. The van der Waals surface area contributed by atoms with Crippen LogP contribution in [0, 0.1) is 5.92 Å². The summed E-state index contributed by atoms with van der Waals surface area (Å²) in [5.41, 5.74) is 0. The number of sulfone groups is 1. The van der Waals surface area contributed by atoms with E-state index in [1.54, 1.807) is 30.3 Å². The van der Waals surface area contributed by atoms with E-state index < -0.39 is 53.1 Å². The summed E-state index contributed by atoms with van der Waals surface area (Å²) in [6.45, 7) is -0.410.